The van der Waals surface area contributed by atoms with E-state index in [1.807, 2.05) is 0 Å². The van der Waals surface area contributed by atoms with Crippen LogP contribution in [0.25, 0.3) is 12.2 Å². The molecule has 0 N–H and O–H groups in total. The van der Waals surface area contributed by atoms with Crippen LogP contribution in [0.1, 0.15) is 92.5 Å². The third-order valence-corrected chi connectivity index (χ3v) is 7.83. The van der Waals surface area contributed by atoms with Crippen molar-refractivity contribution < 1.29 is 0 Å². The lowest BCUT2D eigenvalue weighted by atomic mass is 9.76. The van der Waals surface area contributed by atoms with Gasteiger partial charge in [-0.15, -0.1) is 0 Å². The van der Waals surface area contributed by atoms with Crippen molar-refractivity contribution in [1.82, 2.24) is 0 Å². The third-order valence-electron chi connectivity index (χ3n) is 7.83. The van der Waals surface area contributed by atoms with Gasteiger partial charge in [0.05, 0.1) is 0 Å². The van der Waals surface area contributed by atoms with Crippen molar-refractivity contribution in [3.63, 3.8) is 0 Å². The summed E-state index contributed by atoms with van der Waals surface area (Å²) < 4.78 is 0. The van der Waals surface area contributed by atoms with Crippen molar-refractivity contribution in [3.8, 4) is 0 Å². The molecule has 1 saturated carbocycles. The number of aryl methyl sites for hydroxylation is 2. The highest BCUT2D eigenvalue weighted by Crippen LogP contribution is 2.37. The number of hydrogen-bond acceptors (Lipinski definition) is 0. The van der Waals surface area contributed by atoms with Gasteiger partial charge >= 0.3 is 0 Å². The molecule has 0 amide bonds. The van der Waals surface area contributed by atoms with Crippen molar-refractivity contribution in [1.29, 1.82) is 0 Å². The first kappa shape index (κ1) is 24.5. The largest absolute Gasteiger partial charge is 0.0651 e. The molecule has 0 heteroatoms. The van der Waals surface area contributed by atoms with E-state index in [1.54, 1.807) is 0 Å². The average molecular weight is 451 g/mol. The Morgan fingerprint density at radius 3 is 1.76 bits per heavy atom. The fourth-order valence-electron chi connectivity index (χ4n) is 5.62. The zero-order chi connectivity index (χ0) is 23.6. The van der Waals surface area contributed by atoms with Gasteiger partial charge in [-0.05, 0) is 71.3 Å². The van der Waals surface area contributed by atoms with Crippen molar-refractivity contribution >= 4 is 12.2 Å². The highest BCUT2D eigenvalue weighted by atomic mass is 14.3. The first-order chi connectivity index (χ1) is 16.7. The van der Waals surface area contributed by atoms with E-state index in [0.29, 0.717) is 5.92 Å². The van der Waals surface area contributed by atoms with Gasteiger partial charge in [-0.3, -0.25) is 0 Å². The molecule has 0 heterocycles. The summed E-state index contributed by atoms with van der Waals surface area (Å²) in [7, 11) is 0. The molecule has 0 spiro atoms. The Hall–Kier alpha value is -2.60. The molecule has 4 rings (SSSR count). The molecule has 0 bridgehead atoms. The quantitative estimate of drug-likeness (QED) is 0.270. The van der Waals surface area contributed by atoms with Crippen molar-refractivity contribution in [2.45, 2.75) is 77.6 Å². The molecule has 1 aliphatic carbocycles. The van der Waals surface area contributed by atoms with Gasteiger partial charge in [0.1, 0.15) is 0 Å². The van der Waals surface area contributed by atoms with Gasteiger partial charge in [-0.25, -0.2) is 0 Å². The van der Waals surface area contributed by atoms with E-state index in [2.05, 4.69) is 105 Å². The van der Waals surface area contributed by atoms with E-state index in [9.17, 15) is 0 Å². The van der Waals surface area contributed by atoms with Gasteiger partial charge in [0.25, 0.3) is 0 Å². The molecule has 3 aromatic carbocycles. The van der Waals surface area contributed by atoms with Crippen LogP contribution in [0.15, 0.2) is 78.9 Å². The summed E-state index contributed by atoms with van der Waals surface area (Å²) in [4.78, 5) is 0. The van der Waals surface area contributed by atoms with Gasteiger partial charge in [0.15, 0.2) is 0 Å². The van der Waals surface area contributed by atoms with E-state index in [-0.39, 0.29) is 0 Å². The van der Waals surface area contributed by atoms with E-state index < -0.39 is 0 Å². The predicted molar refractivity (Wildman–Crippen MR) is 149 cm³/mol. The molecule has 1 aliphatic rings. The lowest BCUT2D eigenvalue weighted by molar-refractivity contribution is 0.245. The lowest BCUT2D eigenvalue weighted by Gasteiger charge is -2.30. The summed E-state index contributed by atoms with van der Waals surface area (Å²) in [6.45, 7) is 4.64. The molecule has 0 aromatic heterocycles. The first-order valence-corrected chi connectivity index (χ1v) is 13.6. The minimum Gasteiger partial charge on any atom is -0.0651 e. The average Bonchev–Trinajstić information content (AvgIpc) is 2.89. The fourth-order valence-corrected chi connectivity index (χ4v) is 5.62. The Labute approximate surface area is 208 Å². The number of rotatable bonds is 10. The maximum Gasteiger partial charge on any atom is -0.0188 e. The van der Waals surface area contributed by atoms with Crippen LogP contribution < -0.4 is 0 Å². The summed E-state index contributed by atoms with van der Waals surface area (Å²) in [6, 6.07) is 29.2. The van der Waals surface area contributed by atoms with Crippen molar-refractivity contribution in [2.75, 3.05) is 0 Å². The smallest absolute Gasteiger partial charge is 0.0188 e. The van der Waals surface area contributed by atoms with Crippen LogP contribution in [-0.2, 0) is 12.8 Å². The Morgan fingerprint density at radius 2 is 1.21 bits per heavy atom. The van der Waals surface area contributed by atoms with Crippen LogP contribution in [0.2, 0.25) is 0 Å². The fraction of sp³-hybridized carbons (Fsp3) is 0.412. The molecule has 1 fully saturated rings. The zero-order valence-corrected chi connectivity index (χ0v) is 21.3. The lowest BCUT2D eigenvalue weighted by Crippen LogP contribution is -2.16. The first-order valence-electron chi connectivity index (χ1n) is 13.6. The van der Waals surface area contributed by atoms with Crippen LogP contribution in [0.4, 0.5) is 0 Å². The highest BCUT2D eigenvalue weighted by molar-refractivity contribution is 5.69. The molecular weight excluding hydrogens is 408 g/mol. The van der Waals surface area contributed by atoms with E-state index in [4.69, 9.17) is 0 Å². The Morgan fingerprint density at radius 1 is 0.676 bits per heavy atom. The standard InChI is InChI=1S/C34H42/c1-3-7-28-10-12-29(13-11-28)14-15-30-16-18-31(19-17-30)20-21-32-22-24-33(25-23-32)26-27(2)34-8-5-4-6-9-34/h4-6,8-19,27,32-33H,3,7,20-26H2,1-2H3/t27-,32?,33?/m1/s1. The normalized spacial score (nSPS) is 19.4. The van der Waals surface area contributed by atoms with Crippen molar-refractivity contribution in [3.05, 3.63) is 107 Å². The minimum atomic E-state index is 0.690. The van der Waals surface area contributed by atoms with Gasteiger partial charge in [0.2, 0.25) is 0 Å². The second-order valence-electron chi connectivity index (χ2n) is 10.5. The SMILES string of the molecule is CCCc1ccc(C=Cc2ccc(CCC3CCC(C[C@@H](C)c4ccccc4)CC3)cc2)cc1. The van der Waals surface area contributed by atoms with Crippen LogP contribution >= 0.6 is 0 Å². The summed E-state index contributed by atoms with van der Waals surface area (Å²) >= 11 is 0. The molecule has 3 aromatic rings. The van der Waals surface area contributed by atoms with Gasteiger partial charge in [-0.2, -0.15) is 0 Å². The summed E-state index contributed by atoms with van der Waals surface area (Å²) in [5, 5.41) is 0. The molecular formula is C34H42. The van der Waals surface area contributed by atoms with Crippen LogP contribution in [0.3, 0.4) is 0 Å². The summed E-state index contributed by atoms with van der Waals surface area (Å²) in [5.74, 6) is 2.52. The van der Waals surface area contributed by atoms with Crippen LogP contribution in [-0.4, -0.2) is 0 Å². The second kappa shape index (κ2) is 12.7. The molecule has 0 unspecified atom stereocenters. The molecule has 0 aliphatic heterocycles. The monoisotopic (exact) mass is 450 g/mol. The third kappa shape index (κ3) is 7.45. The van der Waals surface area contributed by atoms with Gasteiger partial charge < -0.3 is 0 Å². The van der Waals surface area contributed by atoms with Crippen molar-refractivity contribution in [2.24, 2.45) is 11.8 Å². The Balaban J connectivity index is 1.18. The van der Waals surface area contributed by atoms with Crippen LogP contribution in [0.5, 0.6) is 0 Å². The summed E-state index contributed by atoms with van der Waals surface area (Å²) in [6.07, 6.45) is 16.4. The molecule has 178 valence electrons. The van der Waals surface area contributed by atoms with E-state index in [1.165, 1.54) is 85.6 Å². The topological polar surface area (TPSA) is 0 Å². The number of benzene rings is 3. The van der Waals surface area contributed by atoms with E-state index >= 15 is 0 Å². The van der Waals surface area contributed by atoms with Crippen LogP contribution in [0, 0.1) is 11.8 Å². The zero-order valence-electron chi connectivity index (χ0n) is 21.3. The Kier molecular flexibility index (Phi) is 9.19. The molecule has 0 radical (unpaired) electrons. The maximum atomic E-state index is 2.41. The number of hydrogen-bond donors (Lipinski definition) is 0. The minimum absolute atomic E-state index is 0.690. The van der Waals surface area contributed by atoms with Gasteiger partial charge in [-0.1, -0.05) is 137 Å². The summed E-state index contributed by atoms with van der Waals surface area (Å²) in [5.41, 5.74) is 6.99. The Bertz CT molecular complexity index is 986. The molecule has 0 saturated heterocycles. The highest BCUT2D eigenvalue weighted by Gasteiger charge is 2.22. The predicted octanol–water partition coefficient (Wildman–Crippen LogP) is 9.74. The van der Waals surface area contributed by atoms with E-state index in [0.717, 1.165) is 11.8 Å². The second-order valence-corrected chi connectivity index (χ2v) is 10.5. The maximum absolute atomic E-state index is 2.41. The van der Waals surface area contributed by atoms with Gasteiger partial charge in [0, 0.05) is 0 Å². The molecule has 0 nitrogen and oxygen atoms in total. The molecule has 1 atom stereocenters. The molecule has 34 heavy (non-hydrogen) atoms.